The van der Waals surface area contributed by atoms with E-state index in [4.69, 9.17) is 23.2 Å². The predicted octanol–water partition coefficient (Wildman–Crippen LogP) is 5.36. The molecule has 202 valence electrons. The van der Waals surface area contributed by atoms with E-state index in [0.29, 0.717) is 27.7 Å². The highest BCUT2D eigenvalue weighted by molar-refractivity contribution is 7.92. The maximum Gasteiger partial charge on any atom is 0.264 e. The first kappa shape index (κ1) is 29.5. The third-order valence-electron chi connectivity index (χ3n) is 6.13. The van der Waals surface area contributed by atoms with Crippen LogP contribution in [-0.2, 0) is 26.2 Å². The summed E-state index contributed by atoms with van der Waals surface area (Å²) in [7, 11) is -2.65. The number of nitrogens with one attached hydrogen (secondary N) is 1. The fourth-order valence-electron chi connectivity index (χ4n) is 4.28. The highest BCUT2D eigenvalue weighted by atomic mass is 35.5. The third kappa shape index (κ3) is 6.67. The molecule has 0 spiro atoms. The minimum atomic E-state index is -4.13. The molecule has 38 heavy (non-hydrogen) atoms. The lowest BCUT2D eigenvalue weighted by atomic mass is 10.1. The number of carbonyl (C=O) groups excluding carboxylic acids is 2. The van der Waals surface area contributed by atoms with Crippen molar-refractivity contribution in [3.8, 4) is 0 Å². The van der Waals surface area contributed by atoms with Crippen molar-refractivity contribution >= 4 is 50.7 Å². The third-order valence-corrected chi connectivity index (χ3v) is 8.62. The molecule has 0 bridgehead atoms. The largest absolute Gasteiger partial charge is 0.357 e. The lowest BCUT2D eigenvalue weighted by Gasteiger charge is -2.33. The van der Waals surface area contributed by atoms with Crippen LogP contribution in [0.25, 0.3) is 0 Å². The number of aryl methyl sites for hydroxylation is 2. The second kappa shape index (κ2) is 12.7. The molecule has 0 fully saturated rings. The highest BCUT2D eigenvalue weighted by Gasteiger charge is 2.34. The monoisotopic (exact) mass is 575 g/mol. The van der Waals surface area contributed by atoms with E-state index in [-0.39, 0.29) is 17.3 Å². The van der Waals surface area contributed by atoms with Crippen LogP contribution >= 0.6 is 23.2 Å². The van der Waals surface area contributed by atoms with E-state index in [0.717, 1.165) is 15.4 Å². The Balaban J connectivity index is 2.12. The van der Waals surface area contributed by atoms with Crippen LogP contribution in [-0.4, -0.2) is 44.8 Å². The number of likely N-dealkylation sites (N-methyl/N-ethyl adjacent to an activating group) is 1. The summed E-state index contributed by atoms with van der Waals surface area (Å²) in [6.45, 7) is 4.88. The minimum Gasteiger partial charge on any atom is -0.357 e. The number of rotatable bonds is 10. The summed E-state index contributed by atoms with van der Waals surface area (Å²) >= 11 is 12.8. The number of hydrogen-bond donors (Lipinski definition) is 1. The highest BCUT2D eigenvalue weighted by Crippen LogP contribution is 2.29. The Bertz CT molecular complexity index is 1370. The number of benzene rings is 3. The molecule has 0 saturated heterocycles. The van der Waals surface area contributed by atoms with Gasteiger partial charge >= 0.3 is 0 Å². The van der Waals surface area contributed by atoms with Crippen molar-refractivity contribution < 1.29 is 18.0 Å². The number of carbonyl (C=O) groups is 2. The van der Waals surface area contributed by atoms with Gasteiger partial charge in [-0.1, -0.05) is 60.5 Å². The molecule has 0 aromatic heterocycles. The summed E-state index contributed by atoms with van der Waals surface area (Å²) < 4.78 is 28.8. The summed E-state index contributed by atoms with van der Waals surface area (Å²) in [5.41, 5.74) is 2.51. The Kier molecular flexibility index (Phi) is 9.82. The molecule has 0 saturated carbocycles. The molecule has 0 aliphatic heterocycles. The molecule has 3 rings (SSSR count). The molecule has 3 aromatic rings. The summed E-state index contributed by atoms with van der Waals surface area (Å²) in [4.78, 5) is 28.2. The Labute approximate surface area is 234 Å². The Morgan fingerprint density at radius 1 is 0.921 bits per heavy atom. The molecular formula is C28H31Cl2N3O4S. The van der Waals surface area contributed by atoms with Crippen LogP contribution in [0.3, 0.4) is 0 Å². The molecule has 2 amide bonds. The van der Waals surface area contributed by atoms with Crippen LogP contribution in [0.15, 0.2) is 71.6 Å². The fourth-order valence-corrected chi connectivity index (χ4v) is 6.22. The molecule has 0 aliphatic carbocycles. The molecule has 0 heterocycles. The van der Waals surface area contributed by atoms with Gasteiger partial charge in [0.05, 0.1) is 10.6 Å². The number of anilines is 1. The summed E-state index contributed by atoms with van der Waals surface area (Å²) in [6.07, 6.45) is 0.294. The predicted molar refractivity (Wildman–Crippen MR) is 152 cm³/mol. The van der Waals surface area contributed by atoms with Crippen LogP contribution < -0.4 is 9.62 Å². The topological polar surface area (TPSA) is 86.8 Å². The Morgan fingerprint density at radius 3 is 2.03 bits per heavy atom. The van der Waals surface area contributed by atoms with Gasteiger partial charge in [0.15, 0.2) is 0 Å². The normalized spacial score (nSPS) is 12.1. The first-order chi connectivity index (χ1) is 18.0. The van der Waals surface area contributed by atoms with E-state index in [2.05, 4.69) is 5.32 Å². The summed E-state index contributed by atoms with van der Waals surface area (Å²) in [5.74, 6) is -0.956. The van der Waals surface area contributed by atoms with E-state index in [9.17, 15) is 18.0 Å². The Morgan fingerprint density at radius 2 is 1.50 bits per heavy atom. The van der Waals surface area contributed by atoms with Gasteiger partial charge in [-0.25, -0.2) is 8.42 Å². The van der Waals surface area contributed by atoms with E-state index < -0.39 is 28.5 Å². The van der Waals surface area contributed by atoms with Gasteiger partial charge in [0.2, 0.25) is 11.8 Å². The van der Waals surface area contributed by atoms with E-state index in [1.807, 2.05) is 19.9 Å². The van der Waals surface area contributed by atoms with Crippen LogP contribution in [0.4, 0.5) is 5.69 Å². The zero-order valence-corrected chi connectivity index (χ0v) is 24.1. The number of amides is 2. The van der Waals surface area contributed by atoms with Crippen LogP contribution in [0.5, 0.6) is 0 Å². The number of sulfonamides is 1. The zero-order valence-electron chi connectivity index (χ0n) is 21.7. The number of halogens is 2. The van der Waals surface area contributed by atoms with E-state index >= 15 is 0 Å². The molecule has 3 aromatic carbocycles. The van der Waals surface area contributed by atoms with E-state index in [1.54, 1.807) is 55.5 Å². The quantitative estimate of drug-likeness (QED) is 0.352. The van der Waals surface area contributed by atoms with Gasteiger partial charge in [-0.2, -0.15) is 0 Å². The van der Waals surface area contributed by atoms with Gasteiger partial charge in [-0.05, 0) is 67.8 Å². The van der Waals surface area contributed by atoms with Crippen molar-refractivity contribution in [2.75, 3.05) is 17.9 Å². The van der Waals surface area contributed by atoms with Crippen molar-refractivity contribution in [1.82, 2.24) is 10.2 Å². The standard InChI is InChI=1S/C28H31Cl2N3O4S/c1-5-26(28(35)31-4)32(17-23-24(29)12-9-13-25(23)30)27(34)18-33(21-15-19(2)14-20(3)16-21)38(36,37)22-10-7-6-8-11-22/h6-16,26H,5,17-18H2,1-4H3,(H,31,35). The van der Waals surface area contributed by atoms with Crippen molar-refractivity contribution in [1.29, 1.82) is 0 Å². The first-order valence-electron chi connectivity index (χ1n) is 12.1. The average molecular weight is 577 g/mol. The second-order valence-corrected chi connectivity index (χ2v) is 11.6. The maximum atomic E-state index is 14.0. The van der Waals surface area contributed by atoms with Crippen LogP contribution in [0.1, 0.15) is 30.0 Å². The lowest BCUT2D eigenvalue weighted by molar-refractivity contribution is -0.140. The second-order valence-electron chi connectivity index (χ2n) is 8.93. The molecule has 0 radical (unpaired) electrons. The molecule has 10 heteroatoms. The van der Waals surface area contributed by atoms with Crippen molar-refractivity contribution in [3.63, 3.8) is 0 Å². The number of hydrogen-bond acceptors (Lipinski definition) is 4. The fraction of sp³-hybridized carbons (Fsp3) is 0.286. The van der Waals surface area contributed by atoms with Gasteiger partial charge in [-0.15, -0.1) is 0 Å². The van der Waals surface area contributed by atoms with Crippen molar-refractivity contribution in [2.45, 2.75) is 44.7 Å². The maximum absolute atomic E-state index is 14.0. The van der Waals surface area contributed by atoms with Crippen molar-refractivity contribution in [2.24, 2.45) is 0 Å². The number of nitrogens with zero attached hydrogens (tertiary/aromatic N) is 2. The molecule has 1 atom stereocenters. The zero-order chi connectivity index (χ0) is 28.0. The molecule has 1 N–H and O–H groups in total. The van der Waals surface area contributed by atoms with Gasteiger partial charge in [0.1, 0.15) is 12.6 Å². The smallest absolute Gasteiger partial charge is 0.264 e. The Hall–Kier alpha value is -3.07. The molecule has 7 nitrogen and oxygen atoms in total. The van der Waals surface area contributed by atoms with Gasteiger partial charge in [-0.3, -0.25) is 13.9 Å². The van der Waals surface area contributed by atoms with Crippen LogP contribution in [0, 0.1) is 13.8 Å². The molecule has 1 unspecified atom stereocenters. The van der Waals surface area contributed by atoms with Gasteiger partial charge < -0.3 is 10.2 Å². The van der Waals surface area contributed by atoms with Gasteiger partial charge in [0, 0.05) is 29.2 Å². The molecular weight excluding hydrogens is 545 g/mol. The summed E-state index contributed by atoms with van der Waals surface area (Å²) in [6, 6.07) is 17.4. The summed E-state index contributed by atoms with van der Waals surface area (Å²) in [5, 5.41) is 3.27. The van der Waals surface area contributed by atoms with Crippen molar-refractivity contribution in [3.05, 3.63) is 93.5 Å². The van der Waals surface area contributed by atoms with Gasteiger partial charge in [0.25, 0.3) is 10.0 Å². The first-order valence-corrected chi connectivity index (χ1v) is 14.3. The average Bonchev–Trinajstić information content (AvgIpc) is 2.88. The minimum absolute atomic E-state index is 0.0472. The van der Waals surface area contributed by atoms with Crippen LogP contribution in [0.2, 0.25) is 10.0 Å². The van der Waals surface area contributed by atoms with E-state index in [1.165, 1.54) is 24.1 Å². The SMILES string of the molecule is CCC(C(=O)NC)N(Cc1c(Cl)cccc1Cl)C(=O)CN(c1cc(C)cc(C)c1)S(=O)(=O)c1ccccc1. The lowest BCUT2D eigenvalue weighted by Crippen LogP contribution is -2.51. The molecule has 0 aliphatic rings.